The van der Waals surface area contributed by atoms with Gasteiger partial charge < -0.3 is 15.3 Å². The van der Waals surface area contributed by atoms with E-state index in [0.717, 1.165) is 5.56 Å². The molecule has 0 aliphatic carbocycles. The number of aliphatic carboxylic acids is 1. The molecule has 1 saturated heterocycles. The van der Waals surface area contributed by atoms with E-state index < -0.39 is 11.8 Å². The Morgan fingerprint density at radius 1 is 1.50 bits per heavy atom. The Kier molecular flexibility index (Phi) is 4.22. The van der Waals surface area contributed by atoms with Crippen LogP contribution in [0.1, 0.15) is 18.4 Å². The van der Waals surface area contributed by atoms with Crippen LogP contribution in [0.4, 0.5) is 14.9 Å². The molecule has 1 aromatic carbocycles. The first-order valence-electron chi connectivity index (χ1n) is 6.49. The largest absolute Gasteiger partial charge is 0.481 e. The molecule has 0 saturated carbocycles. The summed E-state index contributed by atoms with van der Waals surface area (Å²) in [6, 6.07) is 4.21. The van der Waals surface area contributed by atoms with Crippen molar-refractivity contribution in [2.24, 2.45) is 5.92 Å². The average Bonchev–Trinajstić information content (AvgIpc) is 2.80. The number of carboxylic acids is 1. The lowest BCUT2D eigenvalue weighted by atomic mass is 10.1. The molecule has 20 heavy (non-hydrogen) atoms. The zero-order chi connectivity index (χ0) is 14.7. The van der Waals surface area contributed by atoms with Crippen LogP contribution in [0.3, 0.4) is 0 Å². The number of amides is 2. The van der Waals surface area contributed by atoms with Crippen molar-refractivity contribution in [2.45, 2.75) is 19.8 Å². The molecule has 1 aliphatic heterocycles. The van der Waals surface area contributed by atoms with Crippen molar-refractivity contribution in [3.63, 3.8) is 0 Å². The number of nitrogens with zero attached hydrogens (tertiary/aromatic N) is 1. The van der Waals surface area contributed by atoms with Gasteiger partial charge >= 0.3 is 12.0 Å². The molecule has 1 aliphatic rings. The van der Waals surface area contributed by atoms with Gasteiger partial charge in [0.15, 0.2) is 0 Å². The Bertz CT molecular complexity index is 533. The molecule has 6 heteroatoms. The van der Waals surface area contributed by atoms with Gasteiger partial charge in [-0.25, -0.2) is 9.18 Å². The van der Waals surface area contributed by atoms with Gasteiger partial charge in [0.2, 0.25) is 0 Å². The molecule has 2 rings (SSSR count). The highest BCUT2D eigenvalue weighted by atomic mass is 19.1. The fourth-order valence-electron chi connectivity index (χ4n) is 2.35. The van der Waals surface area contributed by atoms with E-state index in [-0.39, 0.29) is 24.1 Å². The number of carbonyl (C=O) groups is 2. The van der Waals surface area contributed by atoms with Gasteiger partial charge in [0.25, 0.3) is 0 Å². The lowest BCUT2D eigenvalue weighted by Gasteiger charge is -2.17. The standard InChI is InChI=1S/C14H17FN2O3/c1-9-2-3-12(11(15)6-9)16-14(20)17-5-4-10(8-17)7-13(18)19/h2-3,6,10H,4-5,7-8H2,1H3,(H,16,20)(H,18,19). The van der Waals surface area contributed by atoms with Gasteiger partial charge in [-0.2, -0.15) is 0 Å². The topological polar surface area (TPSA) is 69.6 Å². The van der Waals surface area contributed by atoms with Gasteiger partial charge in [0.1, 0.15) is 5.82 Å². The number of carboxylic acid groups (broad SMARTS) is 1. The highest BCUT2D eigenvalue weighted by molar-refractivity contribution is 5.89. The SMILES string of the molecule is Cc1ccc(NC(=O)N2CCC(CC(=O)O)C2)c(F)c1. The fourth-order valence-corrected chi connectivity index (χ4v) is 2.35. The molecule has 1 unspecified atom stereocenters. The maximum absolute atomic E-state index is 13.6. The van der Waals surface area contributed by atoms with Crippen molar-refractivity contribution < 1.29 is 19.1 Å². The number of urea groups is 1. The van der Waals surface area contributed by atoms with Crippen molar-refractivity contribution >= 4 is 17.7 Å². The number of hydrogen-bond acceptors (Lipinski definition) is 2. The number of hydrogen-bond donors (Lipinski definition) is 2. The third kappa shape index (κ3) is 3.46. The van der Waals surface area contributed by atoms with Crippen molar-refractivity contribution in [3.8, 4) is 0 Å². The van der Waals surface area contributed by atoms with Crippen molar-refractivity contribution in [3.05, 3.63) is 29.6 Å². The Morgan fingerprint density at radius 2 is 2.25 bits per heavy atom. The van der Waals surface area contributed by atoms with Gasteiger partial charge in [0.05, 0.1) is 5.69 Å². The molecule has 1 aromatic rings. The van der Waals surface area contributed by atoms with Crippen LogP contribution in [0, 0.1) is 18.7 Å². The molecule has 1 heterocycles. The molecule has 1 fully saturated rings. The van der Waals surface area contributed by atoms with Gasteiger partial charge in [-0.05, 0) is 37.0 Å². The number of halogens is 1. The van der Waals surface area contributed by atoms with E-state index in [1.807, 2.05) is 0 Å². The number of rotatable bonds is 3. The highest BCUT2D eigenvalue weighted by Crippen LogP contribution is 2.21. The molecule has 0 bridgehead atoms. The van der Waals surface area contributed by atoms with Crippen LogP contribution in [-0.4, -0.2) is 35.1 Å². The fraction of sp³-hybridized carbons (Fsp3) is 0.429. The summed E-state index contributed by atoms with van der Waals surface area (Å²) >= 11 is 0. The maximum Gasteiger partial charge on any atom is 0.321 e. The summed E-state index contributed by atoms with van der Waals surface area (Å²) in [5.41, 5.74) is 0.922. The first-order chi connectivity index (χ1) is 9.45. The second-order valence-electron chi connectivity index (χ2n) is 5.11. The Labute approximate surface area is 116 Å². The van der Waals surface area contributed by atoms with Gasteiger partial charge in [-0.3, -0.25) is 4.79 Å². The number of carbonyl (C=O) groups excluding carboxylic acids is 1. The molecule has 0 radical (unpaired) electrons. The summed E-state index contributed by atoms with van der Waals surface area (Å²) in [6.07, 6.45) is 0.721. The van der Waals surface area contributed by atoms with Crippen LogP contribution in [0.2, 0.25) is 0 Å². The van der Waals surface area contributed by atoms with Crippen LogP contribution < -0.4 is 5.32 Å². The van der Waals surface area contributed by atoms with E-state index >= 15 is 0 Å². The maximum atomic E-state index is 13.6. The van der Waals surface area contributed by atoms with E-state index in [0.29, 0.717) is 19.5 Å². The summed E-state index contributed by atoms with van der Waals surface area (Å²) in [5.74, 6) is -1.36. The summed E-state index contributed by atoms with van der Waals surface area (Å²) < 4.78 is 13.6. The molecule has 0 aromatic heterocycles. The van der Waals surface area contributed by atoms with Crippen molar-refractivity contribution in [2.75, 3.05) is 18.4 Å². The van der Waals surface area contributed by atoms with Crippen molar-refractivity contribution in [1.82, 2.24) is 4.90 Å². The Morgan fingerprint density at radius 3 is 2.90 bits per heavy atom. The zero-order valence-electron chi connectivity index (χ0n) is 11.2. The molecule has 2 N–H and O–H groups in total. The van der Waals surface area contributed by atoms with Crippen LogP contribution in [-0.2, 0) is 4.79 Å². The smallest absolute Gasteiger partial charge is 0.321 e. The first-order valence-corrected chi connectivity index (χ1v) is 6.49. The van der Waals surface area contributed by atoms with E-state index in [4.69, 9.17) is 5.11 Å². The third-order valence-electron chi connectivity index (χ3n) is 3.40. The molecule has 1 atom stereocenters. The van der Waals surface area contributed by atoms with Crippen molar-refractivity contribution in [1.29, 1.82) is 0 Å². The summed E-state index contributed by atoms with van der Waals surface area (Å²) in [4.78, 5) is 24.1. The summed E-state index contributed by atoms with van der Waals surface area (Å²) in [5, 5.41) is 11.2. The predicted octanol–water partition coefficient (Wildman–Crippen LogP) is 2.46. The summed E-state index contributed by atoms with van der Waals surface area (Å²) in [6.45, 7) is 2.66. The number of nitrogens with one attached hydrogen (secondary N) is 1. The number of likely N-dealkylation sites (tertiary alicyclic amines) is 1. The predicted molar refractivity (Wildman–Crippen MR) is 72.1 cm³/mol. The minimum atomic E-state index is -0.859. The number of benzene rings is 1. The lowest BCUT2D eigenvalue weighted by molar-refractivity contribution is -0.138. The van der Waals surface area contributed by atoms with E-state index in [1.54, 1.807) is 13.0 Å². The van der Waals surface area contributed by atoms with Crippen LogP contribution >= 0.6 is 0 Å². The van der Waals surface area contributed by atoms with Crippen LogP contribution in [0.15, 0.2) is 18.2 Å². The third-order valence-corrected chi connectivity index (χ3v) is 3.40. The number of aryl methyl sites for hydroxylation is 1. The van der Waals surface area contributed by atoms with E-state index in [2.05, 4.69) is 5.32 Å². The molecule has 5 nitrogen and oxygen atoms in total. The van der Waals surface area contributed by atoms with Gasteiger partial charge in [-0.1, -0.05) is 6.07 Å². The Hall–Kier alpha value is -2.11. The average molecular weight is 280 g/mol. The first kappa shape index (κ1) is 14.3. The minimum absolute atomic E-state index is 0.0267. The molecule has 2 amide bonds. The van der Waals surface area contributed by atoms with E-state index in [1.165, 1.54) is 17.0 Å². The number of anilines is 1. The lowest BCUT2D eigenvalue weighted by Crippen LogP contribution is -2.33. The Balaban J connectivity index is 1.94. The molecular weight excluding hydrogens is 263 g/mol. The second-order valence-corrected chi connectivity index (χ2v) is 5.11. The minimum Gasteiger partial charge on any atom is -0.481 e. The summed E-state index contributed by atoms with van der Waals surface area (Å²) in [7, 11) is 0. The molecule has 108 valence electrons. The quantitative estimate of drug-likeness (QED) is 0.893. The molecule has 0 spiro atoms. The van der Waals surface area contributed by atoms with E-state index in [9.17, 15) is 14.0 Å². The second kappa shape index (κ2) is 5.90. The van der Waals surface area contributed by atoms with Gasteiger partial charge in [-0.15, -0.1) is 0 Å². The normalized spacial score (nSPS) is 18.1. The van der Waals surface area contributed by atoms with Crippen LogP contribution in [0.25, 0.3) is 0 Å². The molecular formula is C14H17FN2O3. The highest BCUT2D eigenvalue weighted by Gasteiger charge is 2.28. The van der Waals surface area contributed by atoms with Gasteiger partial charge in [0, 0.05) is 19.5 Å². The monoisotopic (exact) mass is 280 g/mol. The van der Waals surface area contributed by atoms with Crippen LogP contribution in [0.5, 0.6) is 0 Å². The zero-order valence-corrected chi connectivity index (χ0v) is 11.2.